The van der Waals surface area contributed by atoms with E-state index in [0.29, 0.717) is 4.58 Å². The van der Waals surface area contributed by atoms with Gasteiger partial charge in [-0.1, -0.05) is 41.9 Å². The van der Waals surface area contributed by atoms with Gasteiger partial charge in [0.2, 0.25) is 5.91 Å². The fourth-order valence-electron chi connectivity index (χ4n) is 3.28. The van der Waals surface area contributed by atoms with Crippen LogP contribution in [-0.2, 0) is 4.79 Å². The number of thioether (sulfide) groups is 2. The van der Waals surface area contributed by atoms with E-state index in [0.717, 1.165) is 22.7 Å². The number of hydrogen-bond acceptors (Lipinski definition) is 3. The largest absolute Gasteiger partial charge is 0.326 e. The van der Waals surface area contributed by atoms with E-state index in [-0.39, 0.29) is 17.7 Å². The summed E-state index contributed by atoms with van der Waals surface area (Å²) in [5.74, 6) is 2.82. The first-order valence-corrected chi connectivity index (χ1v) is 11.1. The van der Waals surface area contributed by atoms with Crippen molar-refractivity contribution in [1.82, 2.24) is 0 Å². The third kappa shape index (κ3) is 4.02. The van der Waals surface area contributed by atoms with Crippen molar-refractivity contribution in [2.45, 2.75) is 23.3 Å². The van der Waals surface area contributed by atoms with Gasteiger partial charge in [0.15, 0.2) is 0 Å². The van der Waals surface area contributed by atoms with Crippen LogP contribution in [0.2, 0.25) is 5.02 Å². The van der Waals surface area contributed by atoms with E-state index >= 15 is 0 Å². The molecule has 1 heterocycles. The molecule has 2 aliphatic rings. The van der Waals surface area contributed by atoms with Gasteiger partial charge in [-0.2, -0.15) is 0 Å². The maximum atomic E-state index is 12.6. The molecule has 2 aromatic carbocycles. The van der Waals surface area contributed by atoms with Crippen LogP contribution in [0.5, 0.6) is 0 Å². The Kier molecular flexibility index (Phi) is 5.30. The third-order valence-electron chi connectivity index (χ3n) is 4.69. The van der Waals surface area contributed by atoms with Crippen LogP contribution in [0.4, 0.5) is 5.69 Å². The average Bonchev–Trinajstić information content (AvgIpc) is 3.44. The second-order valence-corrected chi connectivity index (χ2v) is 9.64. The lowest BCUT2D eigenvalue weighted by atomic mass is 10.1. The lowest BCUT2D eigenvalue weighted by Crippen LogP contribution is -2.15. The summed E-state index contributed by atoms with van der Waals surface area (Å²) in [5.41, 5.74) is 3.29. The van der Waals surface area contributed by atoms with Crippen molar-refractivity contribution in [2.75, 3.05) is 16.8 Å². The molecule has 1 saturated carbocycles. The van der Waals surface area contributed by atoms with Gasteiger partial charge in [0, 0.05) is 16.6 Å². The molecule has 1 saturated heterocycles. The fraction of sp³-hybridized carbons (Fsp3) is 0.350. The molecule has 2 fully saturated rings. The number of carbonyl (C=O) groups excluding carboxylic acids is 1. The third-order valence-corrected chi connectivity index (χ3v) is 8.04. The topological polar surface area (TPSA) is 29.1 Å². The van der Waals surface area contributed by atoms with Gasteiger partial charge in [-0.05, 0) is 59.6 Å². The molecule has 1 amide bonds. The molecule has 1 aliphatic heterocycles. The molecule has 2 aromatic rings. The van der Waals surface area contributed by atoms with E-state index in [1.807, 2.05) is 59.9 Å². The summed E-state index contributed by atoms with van der Waals surface area (Å²) in [6.07, 6.45) is 2.16. The number of nitrogens with one attached hydrogen (secondary N) is 1. The summed E-state index contributed by atoms with van der Waals surface area (Å²) in [4.78, 5) is 12.6. The van der Waals surface area contributed by atoms with Crippen LogP contribution in [0.3, 0.4) is 0 Å². The lowest BCUT2D eigenvalue weighted by molar-refractivity contribution is -0.117. The van der Waals surface area contributed by atoms with Gasteiger partial charge in [0.25, 0.3) is 0 Å². The number of benzene rings is 2. The van der Waals surface area contributed by atoms with Crippen LogP contribution in [0, 0.1) is 5.92 Å². The minimum absolute atomic E-state index is 0.0296. The molecule has 0 bridgehead atoms. The smallest absolute Gasteiger partial charge is 0.228 e. The highest BCUT2D eigenvalue weighted by Crippen LogP contribution is 2.50. The van der Waals surface area contributed by atoms with Gasteiger partial charge in [-0.15, -0.1) is 23.5 Å². The Hall–Kier alpha value is -1.10. The molecule has 1 aliphatic carbocycles. The first kappa shape index (κ1) is 17.3. The highest BCUT2D eigenvalue weighted by Gasteiger charge is 2.44. The van der Waals surface area contributed by atoms with E-state index in [4.69, 9.17) is 11.6 Å². The second kappa shape index (κ2) is 7.65. The molecule has 1 N–H and O–H groups in total. The first-order valence-electron chi connectivity index (χ1n) is 8.61. The maximum absolute atomic E-state index is 12.6. The van der Waals surface area contributed by atoms with Crippen LogP contribution in [0.15, 0.2) is 48.5 Å². The van der Waals surface area contributed by atoms with E-state index in [1.165, 1.54) is 23.5 Å². The average molecular weight is 390 g/mol. The number of rotatable bonds is 4. The summed E-state index contributed by atoms with van der Waals surface area (Å²) in [5, 5.41) is 3.86. The highest BCUT2D eigenvalue weighted by atomic mass is 35.5. The van der Waals surface area contributed by atoms with Gasteiger partial charge < -0.3 is 5.32 Å². The van der Waals surface area contributed by atoms with Crippen LogP contribution in [-0.4, -0.2) is 17.4 Å². The second-order valence-electron chi connectivity index (χ2n) is 6.51. The van der Waals surface area contributed by atoms with Gasteiger partial charge in [-0.3, -0.25) is 4.79 Å². The predicted molar refractivity (Wildman–Crippen MR) is 110 cm³/mol. The number of carbonyl (C=O) groups is 1. The highest BCUT2D eigenvalue weighted by molar-refractivity contribution is 8.16. The molecule has 5 heteroatoms. The Morgan fingerprint density at radius 2 is 1.88 bits per heavy atom. The molecule has 2 nitrogen and oxygen atoms in total. The van der Waals surface area contributed by atoms with Crippen molar-refractivity contribution < 1.29 is 4.79 Å². The first-order chi connectivity index (χ1) is 12.2. The Morgan fingerprint density at radius 3 is 2.68 bits per heavy atom. The molecule has 130 valence electrons. The molecule has 0 spiro atoms. The van der Waals surface area contributed by atoms with Gasteiger partial charge in [-0.25, -0.2) is 0 Å². The Labute approximate surface area is 162 Å². The molecular weight excluding hydrogens is 370 g/mol. The monoisotopic (exact) mass is 389 g/mol. The van der Waals surface area contributed by atoms with E-state index in [9.17, 15) is 4.79 Å². The van der Waals surface area contributed by atoms with E-state index < -0.39 is 0 Å². The van der Waals surface area contributed by atoms with Crippen molar-refractivity contribution in [1.29, 1.82) is 0 Å². The zero-order valence-corrected chi connectivity index (χ0v) is 16.2. The fourth-order valence-corrected chi connectivity index (χ4v) is 6.43. The SMILES string of the molecule is O=C(Nc1cccc(C2SCCCS2)c1)C1CC1c1ccccc1Cl. The summed E-state index contributed by atoms with van der Waals surface area (Å²) in [7, 11) is 0. The van der Waals surface area contributed by atoms with Crippen LogP contribution < -0.4 is 5.32 Å². The molecule has 0 radical (unpaired) electrons. The Morgan fingerprint density at radius 1 is 1.08 bits per heavy atom. The summed E-state index contributed by atoms with van der Waals surface area (Å²) in [6.45, 7) is 0. The van der Waals surface area contributed by atoms with Crippen molar-refractivity contribution in [3.05, 3.63) is 64.7 Å². The van der Waals surface area contributed by atoms with E-state index in [2.05, 4.69) is 17.4 Å². The predicted octanol–water partition coefficient (Wildman–Crippen LogP) is 5.95. The summed E-state index contributed by atoms with van der Waals surface area (Å²) in [6, 6.07) is 16.1. The van der Waals surface area contributed by atoms with Gasteiger partial charge >= 0.3 is 0 Å². The molecular formula is C20H20ClNOS2. The minimum Gasteiger partial charge on any atom is -0.326 e. The summed E-state index contributed by atoms with van der Waals surface area (Å²) >= 11 is 10.3. The van der Waals surface area contributed by atoms with Crippen molar-refractivity contribution in [3.8, 4) is 0 Å². The molecule has 2 atom stereocenters. The molecule has 25 heavy (non-hydrogen) atoms. The normalized spacial score (nSPS) is 23.2. The van der Waals surface area contributed by atoms with Crippen LogP contribution in [0.1, 0.15) is 34.5 Å². The number of amides is 1. The van der Waals surface area contributed by atoms with Crippen LogP contribution in [0.25, 0.3) is 0 Å². The number of anilines is 1. The minimum atomic E-state index is 0.0296. The standard InChI is InChI=1S/C20H20ClNOS2/c21-18-8-2-1-7-15(18)16-12-17(16)19(23)22-14-6-3-5-13(11-14)20-24-9-4-10-25-20/h1-3,5-8,11,16-17,20H,4,9-10,12H2,(H,22,23). The van der Waals surface area contributed by atoms with Crippen molar-refractivity contribution >= 4 is 46.7 Å². The van der Waals surface area contributed by atoms with Crippen LogP contribution >= 0.6 is 35.1 Å². The zero-order chi connectivity index (χ0) is 17.2. The number of halogens is 1. The quantitative estimate of drug-likeness (QED) is 0.700. The van der Waals surface area contributed by atoms with E-state index in [1.54, 1.807) is 0 Å². The van der Waals surface area contributed by atoms with Gasteiger partial charge in [0.1, 0.15) is 0 Å². The Bertz CT molecular complexity index is 776. The Balaban J connectivity index is 1.41. The zero-order valence-electron chi connectivity index (χ0n) is 13.8. The van der Waals surface area contributed by atoms with Crippen molar-refractivity contribution in [2.24, 2.45) is 5.92 Å². The number of hydrogen-bond donors (Lipinski definition) is 1. The van der Waals surface area contributed by atoms with Crippen molar-refractivity contribution in [3.63, 3.8) is 0 Å². The molecule has 4 rings (SSSR count). The molecule has 2 unspecified atom stereocenters. The maximum Gasteiger partial charge on any atom is 0.228 e. The lowest BCUT2D eigenvalue weighted by Gasteiger charge is -2.21. The summed E-state index contributed by atoms with van der Waals surface area (Å²) < 4.78 is 0.488. The van der Waals surface area contributed by atoms with Gasteiger partial charge in [0.05, 0.1) is 4.58 Å². The molecule has 0 aromatic heterocycles.